The first kappa shape index (κ1) is 17.9. The van der Waals surface area contributed by atoms with Crippen LogP contribution < -0.4 is 15.1 Å². The molecule has 0 atom stereocenters. The molecule has 1 aliphatic rings. The number of nitrogens with one attached hydrogen (secondary N) is 1. The maximum absolute atomic E-state index is 11.6. The molecule has 8 heteroatoms. The van der Waals surface area contributed by atoms with Gasteiger partial charge in [-0.05, 0) is 38.0 Å². The van der Waals surface area contributed by atoms with E-state index in [4.69, 9.17) is 0 Å². The standard InChI is InChI=1S/C18H24N6O2/c1-4-19-17-16(24(25)26)18(21-12-20-17)23-10-8-22(9-11-23)15-7-5-6-13(2)14(15)3/h5-7,12H,4,8-11H2,1-3H3,(H,19,20,21). The van der Waals surface area contributed by atoms with E-state index in [0.717, 1.165) is 13.1 Å². The second-order valence-corrected chi connectivity index (χ2v) is 6.38. The Hall–Kier alpha value is -2.90. The van der Waals surface area contributed by atoms with Gasteiger partial charge in [0.1, 0.15) is 6.33 Å². The van der Waals surface area contributed by atoms with Gasteiger partial charge in [-0.25, -0.2) is 9.97 Å². The second-order valence-electron chi connectivity index (χ2n) is 6.38. The SMILES string of the molecule is CCNc1ncnc(N2CCN(c3cccc(C)c3C)CC2)c1[N+](=O)[O-]. The maximum atomic E-state index is 11.6. The van der Waals surface area contributed by atoms with Crippen LogP contribution in [0, 0.1) is 24.0 Å². The van der Waals surface area contributed by atoms with Crippen molar-refractivity contribution in [3.8, 4) is 0 Å². The first-order valence-electron chi connectivity index (χ1n) is 8.82. The minimum absolute atomic E-state index is 0.0467. The van der Waals surface area contributed by atoms with Crippen LogP contribution in [0.3, 0.4) is 0 Å². The van der Waals surface area contributed by atoms with Crippen molar-refractivity contribution in [2.75, 3.05) is 47.8 Å². The van der Waals surface area contributed by atoms with Gasteiger partial charge in [-0.1, -0.05) is 12.1 Å². The third-order valence-corrected chi connectivity index (χ3v) is 4.83. The number of hydrogen-bond acceptors (Lipinski definition) is 7. The summed E-state index contributed by atoms with van der Waals surface area (Å²) >= 11 is 0. The van der Waals surface area contributed by atoms with E-state index >= 15 is 0 Å². The number of hydrogen-bond donors (Lipinski definition) is 1. The first-order chi connectivity index (χ1) is 12.5. The van der Waals surface area contributed by atoms with Crippen LogP contribution in [0.2, 0.25) is 0 Å². The van der Waals surface area contributed by atoms with Crippen LogP contribution in [0.1, 0.15) is 18.1 Å². The minimum Gasteiger partial charge on any atom is -0.368 e. The zero-order chi connectivity index (χ0) is 18.7. The summed E-state index contributed by atoms with van der Waals surface area (Å²) in [5, 5.41) is 14.5. The zero-order valence-electron chi connectivity index (χ0n) is 15.4. The van der Waals surface area contributed by atoms with E-state index in [0.29, 0.717) is 25.5 Å². The average molecular weight is 356 g/mol. The fraction of sp³-hybridized carbons (Fsp3) is 0.444. The maximum Gasteiger partial charge on any atom is 0.353 e. The molecule has 1 aromatic carbocycles. The number of anilines is 3. The summed E-state index contributed by atoms with van der Waals surface area (Å²) in [6.07, 6.45) is 1.39. The largest absolute Gasteiger partial charge is 0.368 e. The highest BCUT2D eigenvalue weighted by Crippen LogP contribution is 2.33. The highest BCUT2D eigenvalue weighted by atomic mass is 16.6. The average Bonchev–Trinajstić information content (AvgIpc) is 2.64. The molecule has 2 heterocycles. The number of nitrogens with zero attached hydrogens (tertiary/aromatic N) is 5. The van der Waals surface area contributed by atoms with Crippen molar-refractivity contribution in [1.82, 2.24) is 9.97 Å². The first-order valence-corrected chi connectivity index (χ1v) is 8.82. The lowest BCUT2D eigenvalue weighted by Crippen LogP contribution is -2.47. The molecule has 1 fully saturated rings. The third-order valence-electron chi connectivity index (χ3n) is 4.83. The van der Waals surface area contributed by atoms with Gasteiger partial charge in [0.2, 0.25) is 11.6 Å². The van der Waals surface area contributed by atoms with Crippen LogP contribution in [0.4, 0.5) is 23.0 Å². The lowest BCUT2D eigenvalue weighted by molar-refractivity contribution is -0.383. The summed E-state index contributed by atoms with van der Waals surface area (Å²) in [6, 6.07) is 6.32. The molecule has 0 bridgehead atoms. The van der Waals surface area contributed by atoms with Crippen molar-refractivity contribution >= 4 is 23.0 Å². The Labute approximate surface area is 153 Å². The molecule has 138 valence electrons. The Morgan fingerprint density at radius 3 is 2.50 bits per heavy atom. The summed E-state index contributed by atoms with van der Waals surface area (Å²) in [7, 11) is 0. The predicted octanol–water partition coefficient (Wildman–Crippen LogP) is 2.76. The Morgan fingerprint density at radius 1 is 1.15 bits per heavy atom. The summed E-state index contributed by atoms with van der Waals surface area (Å²) in [5.41, 5.74) is 3.74. The number of piperazine rings is 1. The highest BCUT2D eigenvalue weighted by Gasteiger charge is 2.29. The number of rotatable bonds is 5. The van der Waals surface area contributed by atoms with E-state index in [1.165, 1.54) is 23.1 Å². The van der Waals surface area contributed by atoms with Crippen molar-refractivity contribution in [2.24, 2.45) is 0 Å². The minimum atomic E-state index is -0.398. The molecule has 1 saturated heterocycles. The molecule has 2 aromatic rings. The lowest BCUT2D eigenvalue weighted by atomic mass is 10.1. The zero-order valence-corrected chi connectivity index (χ0v) is 15.4. The monoisotopic (exact) mass is 356 g/mol. The molecule has 1 aliphatic heterocycles. The smallest absolute Gasteiger partial charge is 0.353 e. The van der Waals surface area contributed by atoms with Gasteiger partial charge in [0.05, 0.1) is 4.92 Å². The van der Waals surface area contributed by atoms with Gasteiger partial charge in [-0.15, -0.1) is 0 Å². The molecule has 0 unspecified atom stereocenters. The fourth-order valence-electron chi connectivity index (χ4n) is 3.30. The normalized spacial score (nSPS) is 14.4. The topological polar surface area (TPSA) is 87.4 Å². The molecule has 0 saturated carbocycles. The van der Waals surface area contributed by atoms with Gasteiger partial charge in [0, 0.05) is 38.4 Å². The van der Waals surface area contributed by atoms with Crippen molar-refractivity contribution < 1.29 is 4.92 Å². The lowest BCUT2D eigenvalue weighted by Gasteiger charge is -2.37. The predicted molar refractivity (Wildman–Crippen MR) is 103 cm³/mol. The summed E-state index contributed by atoms with van der Waals surface area (Å²) < 4.78 is 0. The fourth-order valence-corrected chi connectivity index (χ4v) is 3.30. The Bertz CT molecular complexity index is 802. The summed E-state index contributed by atoms with van der Waals surface area (Å²) in [6.45, 7) is 9.64. The van der Waals surface area contributed by atoms with Gasteiger partial charge in [0.25, 0.3) is 0 Å². The van der Waals surface area contributed by atoms with Gasteiger partial charge < -0.3 is 15.1 Å². The van der Waals surface area contributed by atoms with E-state index in [9.17, 15) is 10.1 Å². The molecule has 26 heavy (non-hydrogen) atoms. The molecule has 8 nitrogen and oxygen atoms in total. The summed E-state index contributed by atoms with van der Waals surface area (Å²) in [5.74, 6) is 0.668. The Kier molecular flexibility index (Phi) is 5.20. The van der Waals surface area contributed by atoms with Crippen LogP contribution in [0.5, 0.6) is 0 Å². The molecule has 0 spiro atoms. The van der Waals surface area contributed by atoms with E-state index in [1.807, 2.05) is 11.8 Å². The van der Waals surface area contributed by atoms with Gasteiger partial charge >= 0.3 is 5.69 Å². The molecule has 1 aromatic heterocycles. The van der Waals surface area contributed by atoms with Gasteiger partial charge in [-0.3, -0.25) is 10.1 Å². The quantitative estimate of drug-likeness (QED) is 0.651. The molecular weight excluding hydrogens is 332 g/mol. The van der Waals surface area contributed by atoms with E-state index < -0.39 is 4.92 Å². The molecule has 0 radical (unpaired) electrons. The number of benzene rings is 1. The Morgan fingerprint density at radius 2 is 1.85 bits per heavy atom. The van der Waals surface area contributed by atoms with Crippen LogP contribution in [-0.2, 0) is 0 Å². The van der Waals surface area contributed by atoms with E-state index in [2.05, 4.69) is 52.2 Å². The van der Waals surface area contributed by atoms with Crippen molar-refractivity contribution in [1.29, 1.82) is 0 Å². The Balaban J connectivity index is 1.81. The molecular formula is C18H24N6O2. The van der Waals surface area contributed by atoms with E-state index in [1.54, 1.807) is 0 Å². The molecule has 1 N–H and O–H groups in total. The third kappa shape index (κ3) is 3.40. The van der Waals surface area contributed by atoms with E-state index in [-0.39, 0.29) is 11.5 Å². The van der Waals surface area contributed by atoms with Crippen molar-refractivity contribution in [3.63, 3.8) is 0 Å². The molecule has 0 aliphatic carbocycles. The van der Waals surface area contributed by atoms with Crippen molar-refractivity contribution in [3.05, 3.63) is 45.8 Å². The van der Waals surface area contributed by atoms with Crippen LogP contribution in [-0.4, -0.2) is 47.6 Å². The summed E-state index contributed by atoms with van der Waals surface area (Å²) in [4.78, 5) is 23.7. The number of aromatic nitrogens is 2. The van der Waals surface area contributed by atoms with Crippen LogP contribution >= 0.6 is 0 Å². The van der Waals surface area contributed by atoms with Crippen LogP contribution in [0.25, 0.3) is 0 Å². The number of aryl methyl sites for hydroxylation is 1. The second kappa shape index (κ2) is 7.55. The molecule has 0 amide bonds. The highest BCUT2D eigenvalue weighted by molar-refractivity contribution is 5.70. The van der Waals surface area contributed by atoms with Crippen LogP contribution in [0.15, 0.2) is 24.5 Å². The van der Waals surface area contributed by atoms with Gasteiger partial charge in [0.15, 0.2) is 0 Å². The molecule has 3 rings (SSSR count). The van der Waals surface area contributed by atoms with Gasteiger partial charge in [-0.2, -0.15) is 0 Å². The van der Waals surface area contributed by atoms with Crippen molar-refractivity contribution in [2.45, 2.75) is 20.8 Å². The number of nitro groups is 1.